The van der Waals surface area contributed by atoms with Crippen molar-refractivity contribution in [3.05, 3.63) is 53.5 Å². The summed E-state index contributed by atoms with van der Waals surface area (Å²) in [7, 11) is 4.12. The first kappa shape index (κ1) is 19.2. The molecule has 1 saturated heterocycles. The highest BCUT2D eigenvalue weighted by Crippen LogP contribution is 2.19. The van der Waals surface area contributed by atoms with Crippen LogP contribution in [0.4, 0.5) is 5.69 Å². The Labute approximate surface area is 160 Å². The number of aryl methyl sites for hydroxylation is 1. The summed E-state index contributed by atoms with van der Waals surface area (Å²) in [5.41, 5.74) is 1.69. The quantitative estimate of drug-likeness (QED) is 0.897. The van der Waals surface area contributed by atoms with Crippen LogP contribution in [0.5, 0.6) is 0 Å². The van der Waals surface area contributed by atoms with E-state index in [-0.39, 0.29) is 11.8 Å². The number of carbonyl (C=O) groups excluding carboxylic acids is 2. The van der Waals surface area contributed by atoms with Crippen LogP contribution >= 0.6 is 0 Å². The summed E-state index contributed by atoms with van der Waals surface area (Å²) < 4.78 is 5.18. The Balaban J connectivity index is 1.73. The first-order chi connectivity index (χ1) is 13.0. The van der Waals surface area contributed by atoms with Crippen LogP contribution in [0.15, 0.2) is 41.0 Å². The highest BCUT2D eigenvalue weighted by Gasteiger charge is 2.24. The third kappa shape index (κ3) is 4.57. The minimum atomic E-state index is -0.242. The summed E-state index contributed by atoms with van der Waals surface area (Å²) in [4.78, 5) is 29.5. The van der Waals surface area contributed by atoms with Gasteiger partial charge in [-0.25, -0.2) is 0 Å². The van der Waals surface area contributed by atoms with Crippen LogP contribution in [0.3, 0.4) is 0 Å². The number of likely N-dealkylation sites (tertiary alicyclic amines) is 1. The summed E-state index contributed by atoms with van der Waals surface area (Å²) >= 11 is 0. The lowest BCUT2D eigenvalue weighted by Gasteiger charge is -2.28. The van der Waals surface area contributed by atoms with E-state index in [1.807, 2.05) is 4.90 Å². The van der Waals surface area contributed by atoms with E-state index in [0.717, 1.165) is 32.4 Å². The molecular weight excluding hydrogens is 342 g/mol. The maximum atomic E-state index is 13.0. The monoisotopic (exact) mass is 369 g/mol. The molecule has 1 aromatic carbocycles. The molecule has 0 bridgehead atoms. The minimum absolute atomic E-state index is 0.0133. The topological polar surface area (TPSA) is 65.8 Å². The largest absolute Gasteiger partial charge is 0.469 e. The van der Waals surface area contributed by atoms with E-state index >= 15 is 0 Å². The Morgan fingerprint density at radius 1 is 1.22 bits per heavy atom. The summed E-state index contributed by atoms with van der Waals surface area (Å²) in [6, 6.07) is 9.14. The SMILES string of the molecule is Cc1occc1C(=O)Nc1cccc(C(=O)N2CCCC[C@H](N(C)C)C2)c1. The zero-order valence-electron chi connectivity index (χ0n) is 16.2. The number of likely N-dealkylation sites (N-methyl/N-ethyl adjacent to an activating group) is 1. The fourth-order valence-electron chi connectivity index (χ4n) is 3.46. The first-order valence-corrected chi connectivity index (χ1v) is 9.37. The van der Waals surface area contributed by atoms with Gasteiger partial charge in [-0.15, -0.1) is 0 Å². The minimum Gasteiger partial charge on any atom is -0.469 e. The van der Waals surface area contributed by atoms with Gasteiger partial charge in [0.25, 0.3) is 11.8 Å². The van der Waals surface area contributed by atoms with Crippen LogP contribution in [0.1, 0.15) is 45.7 Å². The Kier molecular flexibility index (Phi) is 5.96. The third-order valence-corrected chi connectivity index (χ3v) is 5.13. The van der Waals surface area contributed by atoms with Gasteiger partial charge in [-0.3, -0.25) is 9.59 Å². The van der Waals surface area contributed by atoms with Crippen molar-refractivity contribution in [3.8, 4) is 0 Å². The average molecular weight is 369 g/mol. The van der Waals surface area contributed by atoms with E-state index < -0.39 is 0 Å². The number of nitrogens with one attached hydrogen (secondary N) is 1. The van der Waals surface area contributed by atoms with Gasteiger partial charge in [0.15, 0.2) is 0 Å². The van der Waals surface area contributed by atoms with Gasteiger partial charge in [0, 0.05) is 30.4 Å². The molecule has 27 heavy (non-hydrogen) atoms. The molecule has 0 unspecified atom stereocenters. The van der Waals surface area contributed by atoms with Gasteiger partial charge in [0.2, 0.25) is 0 Å². The lowest BCUT2D eigenvalue weighted by atomic mass is 10.1. The van der Waals surface area contributed by atoms with Gasteiger partial charge < -0.3 is 19.5 Å². The number of furan rings is 1. The summed E-state index contributed by atoms with van der Waals surface area (Å²) in [6.45, 7) is 3.25. The van der Waals surface area contributed by atoms with Crippen molar-refractivity contribution < 1.29 is 14.0 Å². The fourth-order valence-corrected chi connectivity index (χ4v) is 3.46. The normalized spacial score (nSPS) is 17.6. The summed E-state index contributed by atoms with van der Waals surface area (Å²) in [5, 5.41) is 2.84. The molecule has 1 aliphatic rings. The van der Waals surface area contributed by atoms with E-state index in [0.29, 0.717) is 28.6 Å². The molecule has 1 aliphatic heterocycles. The van der Waals surface area contributed by atoms with E-state index in [2.05, 4.69) is 24.3 Å². The van der Waals surface area contributed by atoms with Crippen molar-refractivity contribution in [2.45, 2.75) is 32.2 Å². The second kappa shape index (κ2) is 8.39. The molecule has 3 rings (SSSR count). The van der Waals surface area contributed by atoms with Crippen LogP contribution in [-0.2, 0) is 0 Å². The second-order valence-corrected chi connectivity index (χ2v) is 7.29. The Morgan fingerprint density at radius 2 is 2.04 bits per heavy atom. The van der Waals surface area contributed by atoms with Gasteiger partial charge in [-0.05, 0) is 58.1 Å². The number of rotatable bonds is 4. The molecule has 1 fully saturated rings. The summed E-state index contributed by atoms with van der Waals surface area (Å²) in [6.07, 6.45) is 4.75. The van der Waals surface area contributed by atoms with Crippen LogP contribution in [0, 0.1) is 6.92 Å². The Hall–Kier alpha value is -2.60. The lowest BCUT2D eigenvalue weighted by molar-refractivity contribution is 0.0725. The van der Waals surface area contributed by atoms with Crippen molar-refractivity contribution in [2.24, 2.45) is 0 Å². The van der Waals surface area contributed by atoms with Gasteiger partial charge in [-0.1, -0.05) is 12.5 Å². The highest BCUT2D eigenvalue weighted by molar-refractivity contribution is 6.05. The molecule has 2 aromatic rings. The molecule has 2 heterocycles. The number of carbonyl (C=O) groups is 2. The maximum Gasteiger partial charge on any atom is 0.259 e. The molecule has 1 N–H and O–H groups in total. The van der Waals surface area contributed by atoms with Crippen molar-refractivity contribution >= 4 is 17.5 Å². The molecule has 0 saturated carbocycles. The van der Waals surface area contributed by atoms with E-state index in [1.54, 1.807) is 37.3 Å². The van der Waals surface area contributed by atoms with Crippen LogP contribution in [0.25, 0.3) is 0 Å². The lowest BCUT2D eigenvalue weighted by Crippen LogP contribution is -2.41. The molecule has 1 atom stereocenters. The van der Waals surface area contributed by atoms with Gasteiger partial charge in [-0.2, -0.15) is 0 Å². The molecule has 2 amide bonds. The molecular formula is C21H27N3O3. The van der Waals surface area contributed by atoms with Crippen LogP contribution in [0.2, 0.25) is 0 Å². The smallest absolute Gasteiger partial charge is 0.259 e. The van der Waals surface area contributed by atoms with Gasteiger partial charge in [0.05, 0.1) is 11.8 Å². The van der Waals surface area contributed by atoms with Crippen LogP contribution in [-0.4, -0.2) is 54.8 Å². The van der Waals surface area contributed by atoms with Crippen molar-refractivity contribution in [3.63, 3.8) is 0 Å². The fraction of sp³-hybridized carbons (Fsp3) is 0.429. The number of hydrogen-bond acceptors (Lipinski definition) is 4. The molecule has 1 aromatic heterocycles. The van der Waals surface area contributed by atoms with E-state index in [9.17, 15) is 9.59 Å². The predicted molar refractivity (Wildman–Crippen MR) is 105 cm³/mol. The van der Waals surface area contributed by atoms with Crippen molar-refractivity contribution in [2.75, 3.05) is 32.5 Å². The van der Waals surface area contributed by atoms with E-state index in [1.165, 1.54) is 6.26 Å². The average Bonchev–Trinajstić information content (AvgIpc) is 2.92. The summed E-state index contributed by atoms with van der Waals surface area (Å²) in [5.74, 6) is 0.339. The number of hydrogen-bond donors (Lipinski definition) is 1. The molecule has 6 heteroatoms. The number of benzene rings is 1. The zero-order valence-corrected chi connectivity index (χ0v) is 16.2. The predicted octanol–water partition coefficient (Wildman–Crippen LogP) is 3.40. The Bertz CT molecular complexity index is 813. The first-order valence-electron chi connectivity index (χ1n) is 9.37. The van der Waals surface area contributed by atoms with Crippen molar-refractivity contribution in [1.29, 1.82) is 0 Å². The second-order valence-electron chi connectivity index (χ2n) is 7.29. The van der Waals surface area contributed by atoms with Gasteiger partial charge >= 0.3 is 0 Å². The van der Waals surface area contributed by atoms with Crippen LogP contribution < -0.4 is 5.32 Å². The Morgan fingerprint density at radius 3 is 2.74 bits per heavy atom. The molecule has 0 spiro atoms. The molecule has 0 radical (unpaired) electrons. The zero-order chi connectivity index (χ0) is 19.4. The highest BCUT2D eigenvalue weighted by atomic mass is 16.3. The standard InChI is InChI=1S/C21H27N3O3/c1-15-19(10-12-27-15)20(25)22-17-8-6-7-16(13-17)21(26)24-11-5-4-9-18(14-24)23(2)3/h6-8,10,12-13,18H,4-5,9,11,14H2,1-3H3,(H,22,25)/t18-/m0/s1. The van der Waals surface area contributed by atoms with Crippen molar-refractivity contribution in [1.82, 2.24) is 9.80 Å². The molecule has 6 nitrogen and oxygen atoms in total. The number of amides is 2. The van der Waals surface area contributed by atoms with E-state index in [4.69, 9.17) is 4.42 Å². The third-order valence-electron chi connectivity index (χ3n) is 5.13. The molecule has 0 aliphatic carbocycles. The number of anilines is 1. The number of nitrogens with zero attached hydrogens (tertiary/aromatic N) is 2. The van der Waals surface area contributed by atoms with Gasteiger partial charge in [0.1, 0.15) is 5.76 Å². The maximum absolute atomic E-state index is 13.0. The molecule has 144 valence electrons.